The summed E-state index contributed by atoms with van der Waals surface area (Å²) in [6.07, 6.45) is 1.12. The lowest BCUT2D eigenvalue weighted by atomic mass is 10.2. The first kappa shape index (κ1) is 12.7. The smallest absolute Gasteiger partial charge is 0.334 e. The molecule has 0 amide bonds. The summed E-state index contributed by atoms with van der Waals surface area (Å²) >= 11 is 5.66. The molecule has 1 heterocycles. The highest BCUT2D eigenvalue weighted by molar-refractivity contribution is 6.31. The average molecular weight is 276 g/mol. The zero-order chi connectivity index (χ0) is 13.8. The Morgan fingerprint density at radius 3 is 2.89 bits per heavy atom. The van der Waals surface area contributed by atoms with Crippen LogP contribution < -0.4 is 5.32 Å². The third-order valence-corrected chi connectivity index (χ3v) is 2.49. The van der Waals surface area contributed by atoms with Crippen LogP contribution in [0.3, 0.4) is 0 Å². The Morgan fingerprint density at radius 1 is 1.42 bits per heavy atom. The predicted octanol–water partition coefficient (Wildman–Crippen LogP) is 2.65. The number of nitro groups is 1. The number of hydrogen-bond acceptors (Lipinski definition) is 6. The number of hydrogen-bond donors (Lipinski definition) is 1. The van der Waals surface area contributed by atoms with Crippen LogP contribution in [0.5, 0.6) is 0 Å². The maximum atomic E-state index is 10.9. The Morgan fingerprint density at radius 2 is 2.21 bits per heavy atom. The first-order chi connectivity index (χ1) is 9.11. The van der Waals surface area contributed by atoms with Crippen LogP contribution in [0.25, 0.3) is 0 Å². The fraction of sp³-hybridized carbons (Fsp3) is 0. The average Bonchev–Trinajstić information content (AvgIpc) is 2.38. The molecule has 0 saturated heterocycles. The summed E-state index contributed by atoms with van der Waals surface area (Å²) in [6, 6.07) is 8.43. The molecule has 19 heavy (non-hydrogen) atoms. The molecule has 1 aromatic heterocycles. The summed E-state index contributed by atoms with van der Waals surface area (Å²) in [5.41, 5.74) is 0.510. The summed E-state index contributed by atoms with van der Waals surface area (Å²) in [5.74, 6) is -0.0277. The monoisotopic (exact) mass is 275 g/mol. The second-order valence-corrected chi connectivity index (χ2v) is 3.79. The van der Waals surface area contributed by atoms with E-state index in [-0.39, 0.29) is 11.0 Å². The topological polar surface area (TPSA) is 105 Å². The molecule has 2 aromatic rings. The molecule has 0 fully saturated rings. The van der Waals surface area contributed by atoms with Gasteiger partial charge in [0.15, 0.2) is 0 Å². The van der Waals surface area contributed by atoms with Crippen molar-refractivity contribution in [3.05, 3.63) is 51.4 Å². The van der Waals surface area contributed by atoms with Crippen molar-refractivity contribution in [3.8, 4) is 6.07 Å². The zero-order valence-electron chi connectivity index (χ0n) is 9.37. The molecule has 7 nitrogen and oxygen atoms in total. The molecular formula is C11H6ClN5O2. The molecule has 94 valence electrons. The van der Waals surface area contributed by atoms with Gasteiger partial charge in [0, 0.05) is 5.69 Å². The third-order valence-electron chi connectivity index (χ3n) is 2.21. The normalized spacial score (nSPS) is 9.68. The van der Waals surface area contributed by atoms with Crippen LogP contribution in [0.2, 0.25) is 5.15 Å². The largest absolute Gasteiger partial charge is 0.348 e. The second-order valence-electron chi connectivity index (χ2n) is 3.44. The summed E-state index contributed by atoms with van der Waals surface area (Å²) < 4.78 is 0. The van der Waals surface area contributed by atoms with Crippen molar-refractivity contribution >= 4 is 28.8 Å². The van der Waals surface area contributed by atoms with E-state index in [1.54, 1.807) is 24.3 Å². The maximum Gasteiger partial charge on any atom is 0.348 e. The second kappa shape index (κ2) is 5.29. The van der Waals surface area contributed by atoms with Gasteiger partial charge < -0.3 is 5.32 Å². The van der Waals surface area contributed by atoms with E-state index in [2.05, 4.69) is 15.3 Å². The highest BCUT2D eigenvalue weighted by Crippen LogP contribution is 2.30. The molecule has 8 heteroatoms. The molecule has 0 atom stereocenters. The van der Waals surface area contributed by atoms with Crippen molar-refractivity contribution in [2.24, 2.45) is 0 Å². The Kier molecular flexibility index (Phi) is 3.54. The lowest BCUT2D eigenvalue weighted by Crippen LogP contribution is -2.01. The van der Waals surface area contributed by atoms with E-state index in [0.717, 1.165) is 6.33 Å². The van der Waals surface area contributed by atoms with Crippen LogP contribution in [-0.4, -0.2) is 14.9 Å². The predicted molar refractivity (Wildman–Crippen MR) is 68.1 cm³/mol. The van der Waals surface area contributed by atoms with E-state index in [9.17, 15) is 10.1 Å². The van der Waals surface area contributed by atoms with Crippen molar-refractivity contribution < 1.29 is 4.92 Å². The first-order valence-corrected chi connectivity index (χ1v) is 5.41. The summed E-state index contributed by atoms with van der Waals surface area (Å²) in [6.45, 7) is 0. The maximum absolute atomic E-state index is 10.9. The molecule has 0 bridgehead atoms. The zero-order valence-corrected chi connectivity index (χ0v) is 10.1. The molecule has 0 unspecified atom stereocenters. The Bertz CT molecular complexity index is 683. The summed E-state index contributed by atoms with van der Waals surface area (Å²) in [5, 5.41) is 22.2. The molecule has 0 radical (unpaired) electrons. The van der Waals surface area contributed by atoms with E-state index < -0.39 is 10.6 Å². The number of anilines is 2. The minimum absolute atomic E-state index is 0.0277. The lowest BCUT2D eigenvalue weighted by molar-refractivity contribution is -0.384. The standard InChI is InChI=1S/C11H6ClN5O2/c12-10-9(17(18)19)11(15-6-14-10)16-8-3-1-2-7(4-8)5-13/h1-4,6H,(H,14,15,16). The van der Waals surface area contributed by atoms with E-state index >= 15 is 0 Å². The number of rotatable bonds is 3. The Hall–Kier alpha value is -2.72. The van der Waals surface area contributed by atoms with Gasteiger partial charge in [0.25, 0.3) is 0 Å². The van der Waals surface area contributed by atoms with Gasteiger partial charge in [-0.05, 0) is 18.2 Å². The van der Waals surface area contributed by atoms with Gasteiger partial charge in [-0.1, -0.05) is 17.7 Å². The molecule has 1 N–H and O–H groups in total. The van der Waals surface area contributed by atoms with Gasteiger partial charge in [-0.3, -0.25) is 10.1 Å². The van der Waals surface area contributed by atoms with Gasteiger partial charge in [-0.2, -0.15) is 5.26 Å². The van der Waals surface area contributed by atoms with Crippen molar-refractivity contribution in [3.63, 3.8) is 0 Å². The van der Waals surface area contributed by atoms with E-state index in [0.29, 0.717) is 11.3 Å². The van der Waals surface area contributed by atoms with Crippen molar-refractivity contribution in [2.45, 2.75) is 0 Å². The SMILES string of the molecule is N#Cc1cccc(Nc2ncnc(Cl)c2[N+](=O)[O-])c1. The molecule has 0 aliphatic rings. The fourth-order valence-corrected chi connectivity index (χ4v) is 1.62. The van der Waals surface area contributed by atoms with Gasteiger partial charge >= 0.3 is 5.69 Å². The highest BCUT2D eigenvalue weighted by Gasteiger charge is 2.21. The molecule has 1 aromatic carbocycles. The summed E-state index contributed by atoms with van der Waals surface area (Å²) in [7, 11) is 0. The number of halogens is 1. The van der Waals surface area contributed by atoms with Crippen molar-refractivity contribution in [2.75, 3.05) is 5.32 Å². The minimum Gasteiger partial charge on any atom is -0.334 e. The van der Waals surface area contributed by atoms with Crippen LogP contribution in [0.4, 0.5) is 17.2 Å². The fourth-order valence-electron chi connectivity index (χ4n) is 1.41. The number of aromatic nitrogens is 2. The molecule has 0 aliphatic heterocycles. The van der Waals surface area contributed by atoms with Crippen LogP contribution in [-0.2, 0) is 0 Å². The summed E-state index contributed by atoms with van der Waals surface area (Å²) in [4.78, 5) is 17.6. The quantitative estimate of drug-likeness (QED) is 0.524. The van der Waals surface area contributed by atoms with Gasteiger partial charge in [0.1, 0.15) is 6.33 Å². The van der Waals surface area contributed by atoms with Crippen molar-refractivity contribution in [1.82, 2.24) is 9.97 Å². The lowest BCUT2D eigenvalue weighted by Gasteiger charge is -2.06. The Labute approximate surface area is 112 Å². The van der Waals surface area contributed by atoms with Gasteiger partial charge in [-0.15, -0.1) is 0 Å². The van der Waals surface area contributed by atoms with Crippen LogP contribution in [0.15, 0.2) is 30.6 Å². The molecule has 2 rings (SSSR count). The number of nitriles is 1. The highest BCUT2D eigenvalue weighted by atomic mass is 35.5. The molecular weight excluding hydrogens is 270 g/mol. The van der Waals surface area contributed by atoms with Crippen LogP contribution in [0.1, 0.15) is 5.56 Å². The molecule has 0 aliphatic carbocycles. The van der Waals surface area contributed by atoms with Crippen molar-refractivity contribution in [1.29, 1.82) is 5.26 Å². The van der Waals surface area contributed by atoms with Gasteiger partial charge in [0.05, 0.1) is 16.6 Å². The van der Waals surface area contributed by atoms with Crippen LogP contribution in [0, 0.1) is 21.4 Å². The third kappa shape index (κ3) is 2.75. The number of benzene rings is 1. The van der Waals surface area contributed by atoms with Crippen LogP contribution >= 0.6 is 11.6 Å². The van der Waals surface area contributed by atoms with Gasteiger partial charge in [-0.25, -0.2) is 9.97 Å². The van der Waals surface area contributed by atoms with Gasteiger partial charge in [0.2, 0.25) is 11.0 Å². The number of nitrogens with one attached hydrogen (secondary N) is 1. The minimum atomic E-state index is -0.668. The number of nitrogens with zero attached hydrogens (tertiary/aromatic N) is 4. The Balaban J connectivity index is 2.41. The van der Waals surface area contributed by atoms with E-state index in [1.165, 1.54) is 0 Å². The van der Waals surface area contributed by atoms with E-state index in [1.807, 2.05) is 6.07 Å². The van der Waals surface area contributed by atoms with E-state index in [4.69, 9.17) is 16.9 Å². The molecule has 0 saturated carbocycles. The first-order valence-electron chi connectivity index (χ1n) is 5.04. The molecule has 0 spiro atoms.